The van der Waals surface area contributed by atoms with Gasteiger partial charge < -0.3 is 22.0 Å². The topological polar surface area (TPSA) is 57.5 Å². The van der Waals surface area contributed by atoms with Crippen LogP contribution in [0.5, 0.6) is 5.75 Å². The van der Waals surface area contributed by atoms with E-state index in [1.165, 1.54) is 24.0 Å². The normalized spacial score (nSPS) is 8.63. The fraction of sp³-hybridized carbons (Fsp3) is 0.400. The van der Waals surface area contributed by atoms with Gasteiger partial charge in [-0.25, -0.2) is 4.79 Å². The van der Waals surface area contributed by atoms with Crippen molar-refractivity contribution in [3.8, 4) is 5.75 Å². The molecule has 0 bridgehead atoms. The van der Waals surface area contributed by atoms with E-state index >= 15 is 0 Å². The van der Waals surface area contributed by atoms with Crippen molar-refractivity contribution in [2.24, 2.45) is 0 Å². The first-order chi connectivity index (χ1) is 8.18. The van der Waals surface area contributed by atoms with E-state index < -0.39 is 5.97 Å². The van der Waals surface area contributed by atoms with Crippen molar-refractivity contribution in [2.45, 2.75) is 41.5 Å². The molecule has 0 aliphatic heterocycles. The van der Waals surface area contributed by atoms with Crippen molar-refractivity contribution in [3.05, 3.63) is 41.7 Å². The maximum Gasteiger partial charge on any atom is 2.00 e. The van der Waals surface area contributed by atoms with E-state index in [1.54, 1.807) is 12.1 Å². The summed E-state index contributed by atoms with van der Waals surface area (Å²) in [6.45, 7) is 12.5. The molecule has 1 radical (unpaired) electrons. The van der Waals surface area contributed by atoms with Crippen LogP contribution in [0.4, 0.5) is 0 Å². The predicted octanol–water partition coefficient (Wildman–Crippen LogP) is 4.33. The SMILES string of the molecule is C[C-](C)C.C[C-](C)C.O=C(O)c1ccccc1O.[Cu+2]. The summed E-state index contributed by atoms with van der Waals surface area (Å²) in [6.07, 6.45) is 0. The van der Waals surface area contributed by atoms with E-state index in [-0.39, 0.29) is 28.4 Å². The minimum atomic E-state index is -1.11. The second-order valence-electron chi connectivity index (χ2n) is 4.82. The molecular weight excluding hydrogens is 292 g/mol. The molecule has 0 atom stereocenters. The summed E-state index contributed by atoms with van der Waals surface area (Å²) in [6, 6.07) is 5.81. The molecule has 0 saturated carbocycles. The molecule has 2 N–H and O–H groups in total. The van der Waals surface area contributed by atoms with Gasteiger partial charge in [0.05, 0.1) is 0 Å². The number of aromatic carboxylic acids is 1. The number of carboxylic acids is 1. The van der Waals surface area contributed by atoms with Crippen LogP contribution < -0.4 is 0 Å². The van der Waals surface area contributed by atoms with Crippen molar-refractivity contribution in [1.29, 1.82) is 0 Å². The van der Waals surface area contributed by atoms with Gasteiger partial charge in [0.2, 0.25) is 0 Å². The van der Waals surface area contributed by atoms with Crippen LogP contribution in [0.3, 0.4) is 0 Å². The van der Waals surface area contributed by atoms with Gasteiger partial charge in [-0.2, -0.15) is 41.5 Å². The zero-order valence-corrected chi connectivity index (χ0v) is 13.4. The van der Waals surface area contributed by atoms with Crippen LogP contribution in [0.2, 0.25) is 0 Å². The predicted molar refractivity (Wildman–Crippen MR) is 75.6 cm³/mol. The van der Waals surface area contributed by atoms with Crippen LogP contribution in [0.25, 0.3) is 0 Å². The summed E-state index contributed by atoms with van der Waals surface area (Å²) in [4.78, 5) is 10.3. The Balaban J connectivity index is -0.000000242. The summed E-state index contributed by atoms with van der Waals surface area (Å²) in [5.41, 5.74) is -0.0671. The minimum Gasteiger partial charge on any atom is -0.507 e. The molecule has 1 rings (SSSR count). The Morgan fingerprint density at radius 2 is 1.26 bits per heavy atom. The van der Waals surface area contributed by atoms with Crippen molar-refractivity contribution >= 4 is 5.97 Å². The summed E-state index contributed by atoms with van der Waals surface area (Å²) in [7, 11) is 0. The molecule has 0 aliphatic carbocycles. The maximum atomic E-state index is 10.3. The number of phenols is 1. The average Bonchev–Trinajstić information content (AvgIpc) is 2.15. The quantitative estimate of drug-likeness (QED) is 0.599. The number of hydrogen-bond acceptors (Lipinski definition) is 2. The van der Waals surface area contributed by atoms with Crippen molar-refractivity contribution in [2.75, 3.05) is 0 Å². The van der Waals surface area contributed by atoms with Gasteiger partial charge in [0.1, 0.15) is 11.3 Å². The molecule has 4 heteroatoms. The van der Waals surface area contributed by atoms with Crippen molar-refractivity contribution < 1.29 is 32.1 Å². The van der Waals surface area contributed by atoms with E-state index in [1.807, 2.05) is 0 Å². The Labute approximate surface area is 127 Å². The summed E-state index contributed by atoms with van der Waals surface area (Å²) >= 11 is 0. The molecule has 0 amide bonds. The first kappa shape index (κ1) is 23.1. The molecular formula is C15H24CuO3. The number of rotatable bonds is 1. The summed E-state index contributed by atoms with van der Waals surface area (Å²) in [5, 5.41) is 17.3. The van der Waals surface area contributed by atoms with Gasteiger partial charge in [-0.05, 0) is 12.1 Å². The van der Waals surface area contributed by atoms with Gasteiger partial charge in [-0.15, -0.1) is 0 Å². The standard InChI is InChI=1S/C7H6O3.2C4H9.Cu/c8-6-4-2-1-3-5(6)7(9)10;2*1-4(2)3;/h1-4,8H,(H,9,10);2*1-3H3;/q;2*-1;+2. The fourth-order valence-electron chi connectivity index (χ4n) is 0.654. The van der Waals surface area contributed by atoms with Gasteiger partial charge in [0.15, 0.2) is 0 Å². The van der Waals surface area contributed by atoms with Crippen LogP contribution in [0.1, 0.15) is 51.9 Å². The molecule has 0 saturated heterocycles. The molecule has 0 aliphatic rings. The monoisotopic (exact) mass is 315 g/mol. The molecule has 1 aromatic carbocycles. The first-order valence-corrected chi connectivity index (χ1v) is 5.73. The number of benzene rings is 1. The molecule has 1 aromatic rings. The van der Waals surface area contributed by atoms with Crippen molar-refractivity contribution in [3.63, 3.8) is 0 Å². The molecule has 0 spiro atoms. The van der Waals surface area contributed by atoms with Crippen LogP contribution in [-0.2, 0) is 17.1 Å². The Hall–Kier alpha value is -0.991. The molecule has 19 heavy (non-hydrogen) atoms. The third-order valence-corrected chi connectivity index (χ3v) is 1.13. The zero-order chi connectivity index (χ0) is 14.7. The molecule has 3 nitrogen and oxygen atoms in total. The van der Waals surface area contributed by atoms with Crippen LogP contribution in [0.15, 0.2) is 24.3 Å². The fourth-order valence-corrected chi connectivity index (χ4v) is 0.654. The van der Waals surface area contributed by atoms with Gasteiger partial charge in [-0.3, -0.25) is 0 Å². The van der Waals surface area contributed by atoms with Crippen molar-refractivity contribution in [1.82, 2.24) is 0 Å². The number of hydrogen-bond donors (Lipinski definition) is 2. The Morgan fingerprint density at radius 3 is 1.47 bits per heavy atom. The van der Waals surface area contributed by atoms with E-state index in [0.29, 0.717) is 0 Å². The second kappa shape index (κ2) is 13.4. The third-order valence-electron chi connectivity index (χ3n) is 1.13. The molecule has 113 valence electrons. The molecule has 0 fully saturated rings. The smallest absolute Gasteiger partial charge is 0.507 e. The van der Waals surface area contributed by atoms with Crippen LogP contribution in [-0.4, -0.2) is 16.2 Å². The Kier molecular flexibility index (Phi) is 16.4. The maximum absolute atomic E-state index is 10.3. The summed E-state index contributed by atoms with van der Waals surface area (Å²) < 4.78 is 0. The van der Waals surface area contributed by atoms with Gasteiger partial charge in [0, 0.05) is 0 Å². The number of carbonyl (C=O) groups is 1. The molecule has 0 aromatic heterocycles. The second-order valence-corrected chi connectivity index (χ2v) is 4.82. The average molecular weight is 316 g/mol. The van der Waals surface area contributed by atoms with E-state index in [4.69, 9.17) is 10.2 Å². The number of aromatic hydroxyl groups is 1. The molecule has 0 heterocycles. The summed E-state index contributed by atoms with van der Waals surface area (Å²) in [5.74, 6) is 1.52. The van der Waals surface area contributed by atoms with E-state index in [0.717, 1.165) is 0 Å². The Bertz CT molecular complexity index is 324. The van der Waals surface area contributed by atoms with Crippen LogP contribution in [0, 0.1) is 11.8 Å². The third kappa shape index (κ3) is 19.5. The number of para-hydroxylation sites is 1. The zero-order valence-electron chi connectivity index (χ0n) is 12.4. The van der Waals surface area contributed by atoms with E-state index in [2.05, 4.69) is 41.5 Å². The van der Waals surface area contributed by atoms with Crippen LogP contribution >= 0.6 is 0 Å². The minimum absolute atomic E-state index is 0. The van der Waals surface area contributed by atoms with E-state index in [9.17, 15) is 4.79 Å². The number of carboxylic acid groups (broad SMARTS) is 1. The first-order valence-electron chi connectivity index (χ1n) is 5.73. The van der Waals surface area contributed by atoms with Gasteiger partial charge in [-0.1, -0.05) is 12.1 Å². The molecule has 0 unspecified atom stereocenters. The largest absolute Gasteiger partial charge is 2.00 e. The van der Waals surface area contributed by atoms with Gasteiger partial charge >= 0.3 is 23.0 Å². The van der Waals surface area contributed by atoms with Gasteiger partial charge in [0.25, 0.3) is 0 Å². The Morgan fingerprint density at radius 1 is 0.947 bits per heavy atom.